The molecule has 10 heteroatoms. The van der Waals surface area contributed by atoms with Crippen LogP contribution in [0.1, 0.15) is 81.4 Å². The first-order chi connectivity index (χ1) is 21.1. The van der Waals surface area contributed by atoms with Crippen LogP contribution in [0.2, 0.25) is 0 Å². The van der Waals surface area contributed by atoms with Crippen LogP contribution in [-0.4, -0.2) is 64.7 Å². The van der Waals surface area contributed by atoms with Crippen molar-refractivity contribution < 1.29 is 19.4 Å². The van der Waals surface area contributed by atoms with Gasteiger partial charge in [0.2, 0.25) is 0 Å². The highest BCUT2D eigenvalue weighted by atomic mass is 16.6. The molecule has 2 aliphatic carbocycles. The summed E-state index contributed by atoms with van der Waals surface area (Å²) in [4.78, 5) is 44.1. The lowest BCUT2D eigenvalue weighted by molar-refractivity contribution is 0.0175. The maximum Gasteiger partial charge on any atom is 0.411 e. The van der Waals surface area contributed by atoms with Crippen molar-refractivity contribution in [2.45, 2.75) is 76.2 Å². The number of hydrogen-bond donors (Lipinski definition) is 3. The molecule has 2 aromatic carbocycles. The third-order valence-corrected chi connectivity index (χ3v) is 9.33. The summed E-state index contributed by atoms with van der Waals surface area (Å²) in [7, 11) is 0. The summed E-state index contributed by atoms with van der Waals surface area (Å²) in [6, 6.07) is 12.3. The Morgan fingerprint density at radius 1 is 0.864 bits per heavy atom. The van der Waals surface area contributed by atoms with Gasteiger partial charge in [-0.25, -0.2) is 19.6 Å². The zero-order valence-corrected chi connectivity index (χ0v) is 24.9. The van der Waals surface area contributed by atoms with Gasteiger partial charge in [0.05, 0.1) is 17.8 Å². The van der Waals surface area contributed by atoms with Crippen LogP contribution in [0.3, 0.4) is 0 Å². The number of hydrogen-bond acceptors (Lipinski definition) is 5. The van der Waals surface area contributed by atoms with Crippen molar-refractivity contribution in [3.8, 4) is 23.1 Å². The smallest absolute Gasteiger partial charge is 0.411 e. The Hall–Kier alpha value is -4.78. The predicted octanol–water partition coefficient (Wildman–Crippen LogP) is 6.24. The molecule has 6 atom stereocenters. The number of rotatable bonds is 3. The number of imidazole rings is 2. The SMILES string of the molecule is CC(C)(C)OC(=O)N1[C@@H]2C[C@H]2C[C@H]1c1nc(C#Cc2ccc3cc(-c4c[nH]c([C@@H]5C[C@H]6C[C@H]6N5C(=O)O)n4)ccc3c2)c[nH]1. The van der Waals surface area contributed by atoms with Gasteiger partial charge in [-0.3, -0.25) is 9.80 Å². The molecule has 10 nitrogen and oxygen atoms in total. The second kappa shape index (κ2) is 9.61. The van der Waals surface area contributed by atoms with Gasteiger partial charge in [0.25, 0.3) is 0 Å². The Kier molecular flexibility index (Phi) is 5.86. The molecule has 2 saturated heterocycles. The van der Waals surface area contributed by atoms with Crippen LogP contribution >= 0.6 is 0 Å². The number of carbonyl (C=O) groups is 2. The molecule has 2 amide bonds. The standard InChI is InChI=1S/C34H34N6O4/c1-34(2,3)44-33(43)40-27-13-23(27)15-29(40)30-35-16-24(37-30)9-5-18-4-6-20-11-21(8-7-19(20)10-18)25-17-36-31(38-25)28-14-22-12-26(22)39(28)32(41)42/h4,6-8,10-11,16-17,22-23,26-29H,12-15H2,1-3H3,(H,35,37)(H,36,38)(H,41,42)/t22-,23+,26-,27-,28+,29+/m1/s1. The minimum absolute atomic E-state index is 0.121. The normalized spacial score (nSPS) is 26.6. The second-order valence-corrected chi connectivity index (χ2v) is 13.6. The van der Waals surface area contributed by atoms with Gasteiger partial charge >= 0.3 is 12.2 Å². The summed E-state index contributed by atoms with van der Waals surface area (Å²) in [6.07, 6.45) is 6.22. The lowest BCUT2D eigenvalue weighted by Gasteiger charge is -2.29. The Morgan fingerprint density at radius 3 is 2.27 bits per heavy atom. The van der Waals surface area contributed by atoms with Gasteiger partial charge in [0.15, 0.2) is 0 Å². The van der Waals surface area contributed by atoms with E-state index in [4.69, 9.17) is 14.7 Å². The highest BCUT2D eigenvalue weighted by Gasteiger charge is 2.56. The van der Waals surface area contributed by atoms with Crippen LogP contribution in [0.15, 0.2) is 48.8 Å². The maximum absolute atomic E-state index is 12.9. The third kappa shape index (κ3) is 4.77. The monoisotopic (exact) mass is 590 g/mol. The number of nitrogens with one attached hydrogen (secondary N) is 2. The number of fused-ring (bicyclic) bond motifs is 3. The summed E-state index contributed by atoms with van der Waals surface area (Å²) in [5.41, 5.74) is 2.74. The number of carbonyl (C=O) groups excluding carboxylic acids is 1. The first-order valence-electron chi connectivity index (χ1n) is 15.3. The molecule has 2 aromatic heterocycles. The number of benzene rings is 2. The fourth-order valence-corrected chi connectivity index (χ4v) is 7.10. The lowest BCUT2D eigenvalue weighted by atomic mass is 10.0. The largest absolute Gasteiger partial charge is 0.465 e. The van der Waals surface area contributed by atoms with Crippen LogP contribution in [0.25, 0.3) is 22.0 Å². The van der Waals surface area contributed by atoms with Gasteiger partial charge in [-0.1, -0.05) is 24.1 Å². The average Bonchev–Trinajstić information content (AvgIpc) is 3.59. The van der Waals surface area contributed by atoms with Crippen LogP contribution in [0, 0.1) is 23.7 Å². The fourth-order valence-electron chi connectivity index (χ4n) is 7.10. The molecular weight excluding hydrogens is 556 g/mol. The van der Waals surface area contributed by atoms with Gasteiger partial charge in [0, 0.05) is 35.6 Å². The Bertz CT molecular complexity index is 1880. The van der Waals surface area contributed by atoms with Gasteiger partial charge in [0.1, 0.15) is 22.9 Å². The maximum atomic E-state index is 12.9. The van der Waals surface area contributed by atoms with E-state index in [9.17, 15) is 14.7 Å². The molecule has 0 bridgehead atoms. The molecule has 3 N–H and O–H groups in total. The molecule has 0 unspecified atom stereocenters. The van der Waals surface area contributed by atoms with Crippen LogP contribution < -0.4 is 0 Å². The topological polar surface area (TPSA) is 127 Å². The Labute approximate surface area is 254 Å². The van der Waals surface area contributed by atoms with Gasteiger partial charge in [-0.15, -0.1) is 0 Å². The van der Waals surface area contributed by atoms with E-state index in [0.717, 1.165) is 59.1 Å². The molecule has 4 aliphatic rings. The molecule has 2 saturated carbocycles. The molecule has 8 rings (SSSR count). The Balaban J connectivity index is 0.972. The second-order valence-electron chi connectivity index (χ2n) is 13.6. The van der Waals surface area contributed by atoms with Crippen molar-refractivity contribution in [1.29, 1.82) is 0 Å². The highest BCUT2D eigenvalue weighted by molar-refractivity contribution is 5.88. The van der Waals surface area contributed by atoms with Crippen molar-refractivity contribution in [3.63, 3.8) is 0 Å². The number of nitrogens with zero attached hydrogens (tertiary/aromatic N) is 4. The summed E-state index contributed by atoms with van der Waals surface area (Å²) >= 11 is 0. The van der Waals surface area contributed by atoms with E-state index in [-0.39, 0.29) is 30.3 Å². The molecule has 0 radical (unpaired) electrons. The first-order valence-corrected chi connectivity index (χ1v) is 15.3. The molecule has 44 heavy (non-hydrogen) atoms. The molecule has 2 aliphatic heterocycles. The first kappa shape index (κ1) is 26.8. The van der Waals surface area contributed by atoms with E-state index in [1.807, 2.05) is 50.1 Å². The molecule has 4 heterocycles. The zero-order valence-electron chi connectivity index (χ0n) is 24.9. The third-order valence-electron chi connectivity index (χ3n) is 9.33. The zero-order chi connectivity index (χ0) is 30.3. The number of likely N-dealkylation sites (tertiary alicyclic amines) is 2. The van der Waals surface area contributed by atoms with Gasteiger partial charge in [-0.05, 0) is 93.2 Å². The van der Waals surface area contributed by atoms with E-state index >= 15 is 0 Å². The predicted molar refractivity (Wildman–Crippen MR) is 163 cm³/mol. The number of piperidine rings is 2. The van der Waals surface area contributed by atoms with E-state index in [1.54, 1.807) is 11.1 Å². The quantitative estimate of drug-likeness (QED) is 0.243. The van der Waals surface area contributed by atoms with Crippen molar-refractivity contribution in [1.82, 2.24) is 29.7 Å². The lowest BCUT2D eigenvalue weighted by Crippen LogP contribution is -2.38. The minimum atomic E-state index is -0.870. The number of carboxylic acid groups (broad SMARTS) is 1. The number of aromatic nitrogens is 4. The fraction of sp³-hybridized carbons (Fsp3) is 0.412. The van der Waals surface area contributed by atoms with E-state index in [0.29, 0.717) is 23.4 Å². The highest BCUT2D eigenvalue weighted by Crippen LogP contribution is 2.54. The van der Waals surface area contributed by atoms with Crippen molar-refractivity contribution in [3.05, 3.63) is 71.7 Å². The summed E-state index contributed by atoms with van der Waals surface area (Å²) < 4.78 is 5.68. The number of aromatic amines is 2. The number of ether oxygens (including phenoxy) is 1. The van der Waals surface area contributed by atoms with E-state index < -0.39 is 11.7 Å². The summed E-state index contributed by atoms with van der Waals surface area (Å²) in [5, 5.41) is 11.8. The van der Waals surface area contributed by atoms with Crippen LogP contribution in [0.5, 0.6) is 0 Å². The molecule has 4 fully saturated rings. The number of H-pyrrole nitrogens is 2. The average molecular weight is 591 g/mol. The van der Waals surface area contributed by atoms with Crippen molar-refractivity contribution in [2.75, 3.05) is 0 Å². The van der Waals surface area contributed by atoms with Crippen molar-refractivity contribution in [2.24, 2.45) is 11.8 Å². The van der Waals surface area contributed by atoms with Gasteiger partial charge in [-0.2, -0.15) is 0 Å². The van der Waals surface area contributed by atoms with Gasteiger partial charge < -0.3 is 19.8 Å². The number of amides is 2. The van der Waals surface area contributed by atoms with Crippen LogP contribution in [0.4, 0.5) is 9.59 Å². The molecule has 0 spiro atoms. The molecular formula is C34H34N6O4. The van der Waals surface area contributed by atoms with Crippen LogP contribution in [-0.2, 0) is 4.74 Å². The summed E-state index contributed by atoms with van der Waals surface area (Å²) in [5.74, 6) is 8.84. The molecule has 4 aromatic rings. The minimum Gasteiger partial charge on any atom is -0.465 e. The summed E-state index contributed by atoms with van der Waals surface area (Å²) in [6.45, 7) is 5.66. The van der Waals surface area contributed by atoms with Crippen molar-refractivity contribution >= 4 is 23.0 Å². The van der Waals surface area contributed by atoms with E-state index in [1.165, 1.54) is 0 Å². The molecule has 224 valence electrons. The van der Waals surface area contributed by atoms with E-state index in [2.05, 4.69) is 40.0 Å². The Morgan fingerprint density at radius 2 is 1.52 bits per heavy atom.